The van der Waals surface area contributed by atoms with Gasteiger partial charge in [-0.1, -0.05) is 36.4 Å². The molecule has 1 atom stereocenters. The first-order valence-corrected chi connectivity index (χ1v) is 9.69. The molecular weight excluding hydrogens is 451 g/mol. The number of guanidine groups is 1. The number of nitrogens with one attached hydrogen (secondary N) is 3. The Morgan fingerprint density at radius 2 is 1.80 bits per heavy atom. The normalized spacial score (nSPS) is 13.2. The molecule has 2 aromatic carbocycles. The average Bonchev–Trinajstić information content (AvgIpc) is 2.56. The molecule has 0 aliphatic carbocycles. The number of hydrogen-bond acceptors (Lipinski definition) is 3. The van der Waals surface area contributed by atoms with E-state index in [0.29, 0.717) is 19.0 Å². The summed E-state index contributed by atoms with van der Waals surface area (Å²) in [7, 11) is -1.48. The van der Waals surface area contributed by atoms with Gasteiger partial charge in [-0.25, -0.2) is 13.1 Å². The number of nitrogens with zero attached hydrogens (tertiary/aromatic N) is 1. The maximum Gasteiger partial charge on any atom is 0.208 e. The molecule has 0 saturated heterocycles. The van der Waals surface area contributed by atoms with E-state index < -0.39 is 10.0 Å². The maximum atomic E-state index is 11.0. The van der Waals surface area contributed by atoms with E-state index in [2.05, 4.69) is 57.6 Å². The largest absolute Gasteiger partial charge is 0.355 e. The maximum absolute atomic E-state index is 11.0. The monoisotopic (exact) mass is 476 g/mol. The van der Waals surface area contributed by atoms with Gasteiger partial charge in [0.1, 0.15) is 0 Å². The quantitative estimate of drug-likeness (QED) is 0.259. The second kappa shape index (κ2) is 9.93. The predicted molar refractivity (Wildman–Crippen MR) is 115 cm³/mol. The zero-order valence-electron chi connectivity index (χ0n) is 14.6. The Balaban J connectivity index is 0.00000312. The van der Waals surface area contributed by atoms with Gasteiger partial charge in [0, 0.05) is 20.1 Å². The summed E-state index contributed by atoms with van der Waals surface area (Å²) in [6.45, 7) is 2.83. The summed E-state index contributed by atoms with van der Waals surface area (Å²) in [5.41, 5.74) is 1.16. The zero-order chi connectivity index (χ0) is 17.6. The van der Waals surface area contributed by atoms with Gasteiger partial charge in [0.25, 0.3) is 0 Å². The summed E-state index contributed by atoms with van der Waals surface area (Å²) in [4.78, 5) is 4.17. The van der Waals surface area contributed by atoms with Crippen molar-refractivity contribution in [3.63, 3.8) is 0 Å². The minimum Gasteiger partial charge on any atom is -0.355 e. The van der Waals surface area contributed by atoms with Crippen molar-refractivity contribution >= 4 is 50.7 Å². The Hall–Kier alpha value is -1.39. The lowest BCUT2D eigenvalue weighted by molar-refractivity contribution is 0.586. The Labute approximate surface area is 166 Å². The van der Waals surface area contributed by atoms with Crippen LogP contribution in [0.2, 0.25) is 0 Å². The van der Waals surface area contributed by atoms with Crippen molar-refractivity contribution in [2.24, 2.45) is 4.99 Å². The highest BCUT2D eigenvalue weighted by atomic mass is 127. The van der Waals surface area contributed by atoms with E-state index in [1.165, 1.54) is 10.8 Å². The van der Waals surface area contributed by atoms with Crippen LogP contribution in [0.25, 0.3) is 10.8 Å². The fraction of sp³-hybridized carbons (Fsp3) is 0.353. The molecule has 25 heavy (non-hydrogen) atoms. The molecule has 3 N–H and O–H groups in total. The van der Waals surface area contributed by atoms with E-state index in [0.717, 1.165) is 11.8 Å². The molecule has 6 nitrogen and oxygen atoms in total. The van der Waals surface area contributed by atoms with Gasteiger partial charge in [-0.15, -0.1) is 24.0 Å². The third-order valence-electron chi connectivity index (χ3n) is 3.63. The van der Waals surface area contributed by atoms with Gasteiger partial charge >= 0.3 is 0 Å². The second-order valence-electron chi connectivity index (χ2n) is 5.64. The summed E-state index contributed by atoms with van der Waals surface area (Å²) in [5.74, 6) is 0.631. The molecule has 2 rings (SSSR count). The van der Waals surface area contributed by atoms with Crippen molar-refractivity contribution in [3.8, 4) is 0 Å². The molecule has 8 heteroatoms. The van der Waals surface area contributed by atoms with Crippen LogP contribution < -0.4 is 15.4 Å². The second-order valence-corrected chi connectivity index (χ2v) is 7.47. The number of hydrogen-bond donors (Lipinski definition) is 3. The van der Waals surface area contributed by atoms with Crippen LogP contribution in [0.4, 0.5) is 0 Å². The van der Waals surface area contributed by atoms with Crippen LogP contribution in [0.3, 0.4) is 0 Å². The number of sulfonamides is 1. The summed E-state index contributed by atoms with van der Waals surface area (Å²) in [6.07, 6.45) is 1.14. The molecule has 0 spiro atoms. The Kier molecular flexibility index (Phi) is 8.60. The zero-order valence-corrected chi connectivity index (χ0v) is 17.8. The van der Waals surface area contributed by atoms with Gasteiger partial charge in [0.15, 0.2) is 5.96 Å². The van der Waals surface area contributed by atoms with E-state index >= 15 is 0 Å². The summed E-state index contributed by atoms with van der Waals surface area (Å²) >= 11 is 0. The molecule has 1 unspecified atom stereocenters. The minimum absolute atomic E-state index is 0. The highest BCUT2D eigenvalue weighted by molar-refractivity contribution is 14.0. The average molecular weight is 476 g/mol. The molecule has 0 amide bonds. The first kappa shape index (κ1) is 21.7. The van der Waals surface area contributed by atoms with Gasteiger partial charge in [-0.05, 0) is 29.3 Å². The van der Waals surface area contributed by atoms with Crippen molar-refractivity contribution in [1.29, 1.82) is 0 Å². The SMILES string of the molecule is CN=C(NCCNS(C)(=O)=O)NC(C)c1ccc2ccccc2c1.I. The van der Waals surface area contributed by atoms with Crippen LogP contribution in [0, 0.1) is 0 Å². The van der Waals surface area contributed by atoms with Gasteiger partial charge in [0.05, 0.1) is 12.3 Å². The van der Waals surface area contributed by atoms with E-state index in [1.54, 1.807) is 7.05 Å². The van der Waals surface area contributed by atoms with Crippen molar-refractivity contribution in [3.05, 3.63) is 48.0 Å². The van der Waals surface area contributed by atoms with E-state index in [9.17, 15) is 8.42 Å². The Bertz CT molecular complexity index is 824. The van der Waals surface area contributed by atoms with Gasteiger partial charge in [-0.2, -0.15) is 0 Å². The number of benzene rings is 2. The molecule has 0 aliphatic rings. The van der Waals surface area contributed by atoms with Crippen molar-refractivity contribution in [2.45, 2.75) is 13.0 Å². The molecule has 0 fully saturated rings. The van der Waals surface area contributed by atoms with E-state index in [-0.39, 0.29) is 30.0 Å². The van der Waals surface area contributed by atoms with E-state index in [4.69, 9.17) is 0 Å². The van der Waals surface area contributed by atoms with Crippen LogP contribution in [-0.2, 0) is 10.0 Å². The Morgan fingerprint density at radius 1 is 1.12 bits per heavy atom. The molecule has 0 aromatic heterocycles. The molecular formula is C17H25IN4O2S. The van der Waals surface area contributed by atoms with Crippen molar-refractivity contribution in [2.75, 3.05) is 26.4 Å². The molecule has 0 radical (unpaired) electrons. The standard InChI is InChI=1S/C17H24N4O2S.HI/c1-13(15-9-8-14-6-4-5-7-16(14)12-15)21-17(18-2)19-10-11-20-24(3,22)23;/h4-9,12-13,20H,10-11H2,1-3H3,(H2,18,19,21);1H. The van der Waals surface area contributed by atoms with Gasteiger partial charge in [-0.3, -0.25) is 4.99 Å². The highest BCUT2D eigenvalue weighted by Crippen LogP contribution is 2.20. The first-order chi connectivity index (χ1) is 11.4. The fourth-order valence-corrected chi connectivity index (χ4v) is 2.85. The number of aliphatic imine (C=N–C) groups is 1. The van der Waals surface area contributed by atoms with E-state index in [1.807, 2.05) is 12.1 Å². The van der Waals surface area contributed by atoms with Gasteiger partial charge in [0.2, 0.25) is 10.0 Å². The van der Waals surface area contributed by atoms with Crippen LogP contribution in [0.5, 0.6) is 0 Å². The summed E-state index contributed by atoms with van der Waals surface area (Å²) in [6, 6.07) is 14.7. The van der Waals surface area contributed by atoms with Crippen LogP contribution in [0.1, 0.15) is 18.5 Å². The number of fused-ring (bicyclic) bond motifs is 1. The minimum atomic E-state index is -3.17. The van der Waals surface area contributed by atoms with Crippen molar-refractivity contribution in [1.82, 2.24) is 15.4 Å². The third-order valence-corrected chi connectivity index (χ3v) is 4.36. The molecule has 138 valence electrons. The predicted octanol–water partition coefficient (Wildman–Crippen LogP) is 2.23. The first-order valence-electron chi connectivity index (χ1n) is 7.79. The lowest BCUT2D eigenvalue weighted by atomic mass is 10.0. The lowest BCUT2D eigenvalue weighted by Crippen LogP contribution is -2.42. The molecule has 0 aliphatic heterocycles. The molecule has 0 saturated carbocycles. The van der Waals surface area contributed by atoms with Crippen LogP contribution >= 0.6 is 24.0 Å². The highest BCUT2D eigenvalue weighted by Gasteiger charge is 2.08. The Morgan fingerprint density at radius 3 is 2.44 bits per heavy atom. The molecule has 2 aromatic rings. The smallest absolute Gasteiger partial charge is 0.208 e. The topological polar surface area (TPSA) is 82.6 Å². The van der Waals surface area contributed by atoms with Crippen LogP contribution in [0.15, 0.2) is 47.5 Å². The number of rotatable bonds is 6. The fourth-order valence-electron chi connectivity index (χ4n) is 2.38. The summed E-state index contributed by atoms with van der Waals surface area (Å²) < 4.78 is 24.5. The molecule has 0 heterocycles. The number of halogens is 1. The van der Waals surface area contributed by atoms with Crippen molar-refractivity contribution < 1.29 is 8.42 Å². The lowest BCUT2D eigenvalue weighted by Gasteiger charge is -2.19. The summed E-state index contributed by atoms with van der Waals surface area (Å²) in [5, 5.41) is 8.81. The van der Waals surface area contributed by atoms with Gasteiger partial charge < -0.3 is 10.6 Å². The molecule has 0 bridgehead atoms. The van der Waals surface area contributed by atoms with Crippen LogP contribution in [-0.4, -0.2) is 40.8 Å². The third kappa shape index (κ3) is 7.17.